The molecule has 0 N–H and O–H groups in total. The molecule has 2 atom stereocenters. The highest BCUT2D eigenvalue weighted by molar-refractivity contribution is 4.96. The summed E-state index contributed by atoms with van der Waals surface area (Å²) in [6, 6.07) is 1.52. The minimum Gasteiger partial charge on any atom is -0.246 e. The van der Waals surface area contributed by atoms with Crippen LogP contribution >= 0.6 is 0 Å². The fourth-order valence-electron chi connectivity index (χ4n) is 0.726. The van der Waals surface area contributed by atoms with E-state index in [0.29, 0.717) is 6.42 Å². The molecule has 1 aliphatic rings. The van der Waals surface area contributed by atoms with Crippen molar-refractivity contribution in [1.82, 2.24) is 5.32 Å². The molecular weight excluding hydrogens is 107 g/mol. The fraction of sp³-hybridized carbons (Fsp3) is 0.800. The largest absolute Gasteiger partial charge is 0.246 e. The molecule has 0 aromatic carbocycles. The Balaban J connectivity index is 2.35. The number of nitrogens with zero attached hydrogens (tertiary/aromatic N) is 2. The fourth-order valence-corrected chi connectivity index (χ4v) is 0.726. The number of hydrogen-bond acceptors (Lipinski definition) is 1. The van der Waals surface area contributed by atoms with E-state index in [4.69, 9.17) is 5.26 Å². The van der Waals surface area contributed by atoms with E-state index in [9.17, 15) is 4.39 Å². The summed E-state index contributed by atoms with van der Waals surface area (Å²) in [7, 11) is 0. The molecule has 1 heterocycles. The molecule has 0 saturated carbocycles. The molecule has 8 heavy (non-hydrogen) atoms. The van der Waals surface area contributed by atoms with Gasteiger partial charge in [0.2, 0.25) is 0 Å². The molecule has 0 spiro atoms. The summed E-state index contributed by atoms with van der Waals surface area (Å²) < 4.78 is 12.1. The van der Waals surface area contributed by atoms with Crippen molar-refractivity contribution in [1.29, 1.82) is 5.26 Å². The summed E-state index contributed by atoms with van der Waals surface area (Å²) in [6.07, 6.45) is -0.559. The van der Waals surface area contributed by atoms with Gasteiger partial charge in [0.1, 0.15) is 12.2 Å². The smallest absolute Gasteiger partial charge is 0.117 e. The summed E-state index contributed by atoms with van der Waals surface area (Å²) >= 11 is 0. The molecule has 1 radical (unpaired) electrons. The second kappa shape index (κ2) is 2.10. The van der Waals surface area contributed by atoms with E-state index in [-0.39, 0.29) is 12.6 Å². The Kier molecular flexibility index (Phi) is 1.45. The molecule has 0 amide bonds. The minimum absolute atomic E-state index is 0.220. The van der Waals surface area contributed by atoms with Gasteiger partial charge in [0.05, 0.1) is 6.07 Å². The molecule has 1 fully saturated rings. The van der Waals surface area contributed by atoms with Gasteiger partial charge in [-0.1, -0.05) is 0 Å². The third kappa shape index (κ3) is 0.958. The third-order valence-corrected chi connectivity index (χ3v) is 1.15. The van der Waals surface area contributed by atoms with E-state index in [2.05, 4.69) is 5.32 Å². The SMILES string of the molecule is N#CC1CC(F)C[N]1. The Bertz CT molecular complexity index is 118. The first kappa shape index (κ1) is 5.52. The maximum absolute atomic E-state index is 12.1. The molecule has 0 aromatic rings. The average Bonchev–Trinajstić information content (AvgIpc) is 2.14. The van der Waals surface area contributed by atoms with Crippen molar-refractivity contribution in [2.45, 2.75) is 18.6 Å². The normalized spacial score (nSPS) is 37.0. The lowest BCUT2D eigenvalue weighted by Crippen LogP contribution is -2.09. The van der Waals surface area contributed by atoms with E-state index in [0.717, 1.165) is 0 Å². The Labute approximate surface area is 47.3 Å². The first-order valence-corrected chi connectivity index (χ1v) is 2.53. The van der Waals surface area contributed by atoms with E-state index >= 15 is 0 Å². The zero-order valence-corrected chi connectivity index (χ0v) is 4.34. The molecule has 2 nitrogen and oxygen atoms in total. The first-order valence-electron chi connectivity index (χ1n) is 2.53. The summed E-state index contributed by atoms with van der Waals surface area (Å²) in [5.74, 6) is 0. The molecule has 0 aliphatic carbocycles. The van der Waals surface area contributed by atoms with Gasteiger partial charge in [0.15, 0.2) is 0 Å². The topological polar surface area (TPSA) is 37.9 Å². The van der Waals surface area contributed by atoms with Crippen LogP contribution in [0.3, 0.4) is 0 Å². The number of rotatable bonds is 0. The second-order valence-corrected chi connectivity index (χ2v) is 1.84. The van der Waals surface area contributed by atoms with Crippen LogP contribution in [0.25, 0.3) is 0 Å². The van der Waals surface area contributed by atoms with Crippen LogP contribution in [0.15, 0.2) is 0 Å². The monoisotopic (exact) mass is 113 g/mol. The Hall–Kier alpha value is -0.620. The van der Waals surface area contributed by atoms with Crippen LogP contribution in [0.1, 0.15) is 6.42 Å². The van der Waals surface area contributed by atoms with Crippen LogP contribution in [0.2, 0.25) is 0 Å². The van der Waals surface area contributed by atoms with E-state index in [1.165, 1.54) is 0 Å². The third-order valence-electron chi connectivity index (χ3n) is 1.15. The lowest BCUT2D eigenvalue weighted by Gasteiger charge is -1.89. The van der Waals surface area contributed by atoms with Gasteiger partial charge in [-0.05, 0) is 0 Å². The van der Waals surface area contributed by atoms with E-state index in [1.807, 2.05) is 6.07 Å². The Morgan fingerprint density at radius 1 is 1.75 bits per heavy atom. The van der Waals surface area contributed by atoms with Crippen molar-refractivity contribution < 1.29 is 4.39 Å². The average molecular weight is 113 g/mol. The Morgan fingerprint density at radius 2 is 2.50 bits per heavy atom. The molecule has 1 saturated heterocycles. The summed E-state index contributed by atoms with van der Waals surface area (Å²) in [4.78, 5) is 0. The van der Waals surface area contributed by atoms with Crippen molar-refractivity contribution >= 4 is 0 Å². The maximum Gasteiger partial charge on any atom is 0.117 e. The number of nitriles is 1. The van der Waals surface area contributed by atoms with Crippen molar-refractivity contribution in [2.24, 2.45) is 0 Å². The highest BCUT2D eigenvalue weighted by atomic mass is 19.1. The van der Waals surface area contributed by atoms with Crippen LogP contribution < -0.4 is 5.32 Å². The quantitative estimate of drug-likeness (QED) is 0.443. The number of alkyl halides is 1. The predicted octanol–water partition coefficient (Wildman–Crippen LogP) is 0.225. The van der Waals surface area contributed by atoms with Crippen LogP contribution in [-0.2, 0) is 0 Å². The van der Waals surface area contributed by atoms with Gasteiger partial charge in [-0.15, -0.1) is 0 Å². The first-order chi connectivity index (χ1) is 3.83. The molecule has 2 unspecified atom stereocenters. The maximum atomic E-state index is 12.1. The molecule has 1 aliphatic heterocycles. The molecule has 43 valence electrons. The van der Waals surface area contributed by atoms with E-state index in [1.54, 1.807) is 0 Å². The molecule has 3 heteroatoms. The molecule has 0 aromatic heterocycles. The van der Waals surface area contributed by atoms with Gasteiger partial charge >= 0.3 is 0 Å². The number of hydrogen-bond donors (Lipinski definition) is 0. The van der Waals surface area contributed by atoms with Crippen LogP contribution in [-0.4, -0.2) is 18.8 Å². The van der Waals surface area contributed by atoms with Gasteiger partial charge in [0.25, 0.3) is 0 Å². The summed E-state index contributed by atoms with van der Waals surface area (Å²) in [6.45, 7) is 0.220. The lowest BCUT2D eigenvalue weighted by molar-refractivity contribution is 0.358. The van der Waals surface area contributed by atoms with Crippen LogP contribution in [0.4, 0.5) is 4.39 Å². The second-order valence-electron chi connectivity index (χ2n) is 1.84. The standard InChI is InChI=1S/C5H6FN2/c6-4-1-5(2-7)8-3-4/h4-5H,1,3H2. The Morgan fingerprint density at radius 3 is 2.75 bits per heavy atom. The molecule has 1 rings (SSSR count). The van der Waals surface area contributed by atoms with Crippen molar-refractivity contribution in [3.63, 3.8) is 0 Å². The van der Waals surface area contributed by atoms with Crippen LogP contribution in [0, 0.1) is 11.3 Å². The van der Waals surface area contributed by atoms with E-state index < -0.39 is 6.17 Å². The molecular formula is C5H6FN2. The highest BCUT2D eigenvalue weighted by Gasteiger charge is 2.23. The van der Waals surface area contributed by atoms with Crippen molar-refractivity contribution in [3.05, 3.63) is 0 Å². The molecule has 0 bridgehead atoms. The van der Waals surface area contributed by atoms with Gasteiger partial charge < -0.3 is 0 Å². The van der Waals surface area contributed by atoms with Crippen molar-refractivity contribution in [3.8, 4) is 6.07 Å². The van der Waals surface area contributed by atoms with Gasteiger partial charge in [-0.3, -0.25) is 0 Å². The lowest BCUT2D eigenvalue weighted by atomic mass is 10.2. The van der Waals surface area contributed by atoms with Gasteiger partial charge in [-0.2, -0.15) is 5.26 Å². The zero-order valence-electron chi connectivity index (χ0n) is 4.34. The zero-order chi connectivity index (χ0) is 5.98. The van der Waals surface area contributed by atoms with Crippen LogP contribution in [0.5, 0.6) is 0 Å². The van der Waals surface area contributed by atoms with Crippen molar-refractivity contribution in [2.75, 3.05) is 6.54 Å². The predicted molar refractivity (Wildman–Crippen MR) is 25.9 cm³/mol. The number of halogens is 1. The van der Waals surface area contributed by atoms with Gasteiger partial charge in [0, 0.05) is 13.0 Å². The van der Waals surface area contributed by atoms with Gasteiger partial charge in [-0.25, -0.2) is 9.71 Å². The minimum atomic E-state index is -0.861. The summed E-state index contributed by atoms with van der Waals surface area (Å²) in [5, 5.41) is 11.9. The highest BCUT2D eigenvalue weighted by Crippen LogP contribution is 2.09. The summed E-state index contributed by atoms with van der Waals surface area (Å²) in [5.41, 5.74) is 0.